The molecule has 3 rings (SSSR count). The van der Waals surface area contributed by atoms with Crippen LogP contribution in [0.1, 0.15) is 194 Å². The minimum absolute atomic E-state index is 0.0556. The van der Waals surface area contributed by atoms with E-state index in [9.17, 15) is 9.59 Å². The molecule has 2 heterocycles. The topological polar surface area (TPSA) is 225 Å². The Kier molecular flexibility index (Phi) is 39.2. The molecule has 0 spiro atoms. The normalized spacial score (nSPS) is 12.4. The van der Waals surface area contributed by atoms with Crippen LogP contribution >= 0.6 is 0 Å². The monoisotopic (exact) mass is 901 g/mol. The van der Waals surface area contributed by atoms with Crippen LogP contribution in [-0.4, -0.2) is 53.3 Å². The number of nitrogens with two attached hydrogens (primary N) is 5. The number of amides is 2. The van der Waals surface area contributed by atoms with Gasteiger partial charge in [0.15, 0.2) is 5.96 Å². The van der Waals surface area contributed by atoms with Crippen LogP contribution in [0.15, 0.2) is 52.2 Å². The maximum absolute atomic E-state index is 10.1. The van der Waals surface area contributed by atoms with Crippen LogP contribution in [0.25, 0.3) is 10.9 Å². The molecule has 1 atom stereocenters. The van der Waals surface area contributed by atoms with Gasteiger partial charge in [-0.25, -0.2) is 0 Å². The fraction of sp³-hybridized carbons (Fsp3) is 0.736. The van der Waals surface area contributed by atoms with Gasteiger partial charge in [-0.3, -0.25) is 19.6 Å². The third-order valence-electron chi connectivity index (χ3n) is 9.22. The lowest BCUT2D eigenvalue weighted by Crippen LogP contribution is -2.22. The molecule has 0 radical (unpaired) electrons. The van der Waals surface area contributed by atoms with Crippen LogP contribution < -0.4 is 28.7 Å². The van der Waals surface area contributed by atoms with Crippen molar-refractivity contribution in [1.82, 2.24) is 4.98 Å². The van der Waals surface area contributed by atoms with E-state index in [0.29, 0.717) is 35.5 Å². The molecular weight excluding hydrogens is 797 g/mol. The summed E-state index contributed by atoms with van der Waals surface area (Å²) in [6.07, 6.45) is 17.2. The van der Waals surface area contributed by atoms with Gasteiger partial charge in [0.2, 0.25) is 11.8 Å². The van der Waals surface area contributed by atoms with E-state index in [-0.39, 0.29) is 29.3 Å². The number of aliphatic hydroxyl groups excluding tert-OH is 1. The minimum atomic E-state index is -0.213. The van der Waals surface area contributed by atoms with Crippen LogP contribution in [0, 0.1) is 39.9 Å². The van der Waals surface area contributed by atoms with Gasteiger partial charge >= 0.3 is 0 Å². The summed E-state index contributed by atoms with van der Waals surface area (Å²) in [5.74, 6) is 2.24. The number of unbranched alkanes of at least 4 members (excludes halogenated alkanes) is 1. The number of H-pyrrole nitrogens is 1. The molecule has 0 bridgehead atoms. The van der Waals surface area contributed by atoms with Crippen LogP contribution in [0.3, 0.4) is 0 Å². The van der Waals surface area contributed by atoms with Crippen molar-refractivity contribution in [1.29, 1.82) is 0 Å². The standard InChI is InChI=1S/C12H15N.C9H15N.C8H19N.C7H17N3.C6H13NO.C6H14O.C5H11NO/c1-9(2)7-10-8-13-12-6-4-3-5-11(10)12;1-9(2,3)6-8-4-5-10-7-8;1-8(2,3)6-4-5-7-9;1-6(2)4-3-5-10-7(8)9;1-5(2)3-4-6(7)8;1-5(7)6(2,3)4;1-4(2)3-5(6)7/h3-6,8-9,13H,7H2,1-2H3;5,7H,4,6H2,1-3H3;4-7,9H2,1-3H3;6H,3-5H2,1-2H3,(H4,8,9,10);5H,3-4H2,1-2H3,(H2,7,8);5,7H,1-4H3;4H,3H2,1-2H3,(H2,6,7). The Bertz CT molecular complexity index is 1530. The first-order valence-corrected chi connectivity index (χ1v) is 24.0. The van der Waals surface area contributed by atoms with Crippen molar-refractivity contribution in [2.45, 2.75) is 201 Å². The second-order valence-electron chi connectivity index (χ2n) is 22.2. The van der Waals surface area contributed by atoms with Gasteiger partial charge < -0.3 is 38.8 Å². The van der Waals surface area contributed by atoms with Crippen molar-refractivity contribution in [3.05, 3.63) is 47.8 Å². The number of aromatic amines is 1. The Morgan fingerprint density at radius 2 is 1.30 bits per heavy atom. The van der Waals surface area contributed by atoms with Crippen molar-refractivity contribution >= 4 is 34.9 Å². The van der Waals surface area contributed by atoms with Crippen molar-refractivity contribution < 1.29 is 14.7 Å². The summed E-state index contributed by atoms with van der Waals surface area (Å²) in [5, 5.41) is 10.3. The smallest absolute Gasteiger partial charge is 0.217 e. The number of rotatable bonds is 15. The molecule has 0 saturated heterocycles. The summed E-state index contributed by atoms with van der Waals surface area (Å²) in [7, 11) is 0. The highest BCUT2D eigenvalue weighted by Gasteiger charge is 2.16. The predicted molar refractivity (Wildman–Crippen MR) is 282 cm³/mol. The van der Waals surface area contributed by atoms with Crippen molar-refractivity contribution in [2.75, 3.05) is 13.1 Å². The highest BCUT2D eigenvalue weighted by atomic mass is 16.3. The largest absolute Gasteiger partial charge is 0.393 e. The van der Waals surface area contributed by atoms with Gasteiger partial charge in [-0.2, -0.15) is 0 Å². The number of hydrogen-bond acceptors (Lipinski definition) is 6. The molecule has 0 fully saturated rings. The van der Waals surface area contributed by atoms with Gasteiger partial charge in [0.25, 0.3) is 0 Å². The van der Waals surface area contributed by atoms with E-state index in [0.717, 1.165) is 50.6 Å². The highest BCUT2D eigenvalue weighted by Crippen LogP contribution is 2.27. The molecule has 0 saturated carbocycles. The fourth-order valence-electron chi connectivity index (χ4n) is 5.26. The molecule has 1 aliphatic heterocycles. The number of carbonyl (C=O) groups excluding carboxylic acids is 2. The first kappa shape index (κ1) is 66.9. The number of benzene rings is 1. The molecule has 2 aromatic rings. The molecule has 64 heavy (non-hydrogen) atoms. The average Bonchev–Trinajstić information content (AvgIpc) is 3.78. The van der Waals surface area contributed by atoms with Gasteiger partial charge in [-0.05, 0) is 116 Å². The number of hydrogen-bond donors (Lipinski definition) is 7. The number of allylic oxidation sites excluding steroid dienone is 1. The molecule has 12 N–H and O–H groups in total. The fourth-order valence-corrected chi connectivity index (χ4v) is 5.26. The van der Waals surface area contributed by atoms with Crippen LogP contribution in [-0.2, 0) is 16.0 Å². The van der Waals surface area contributed by atoms with Crippen molar-refractivity contribution in [3.63, 3.8) is 0 Å². The Morgan fingerprint density at radius 1 is 0.750 bits per heavy atom. The number of nitrogens with one attached hydrogen (secondary N) is 1. The molecule has 1 aromatic heterocycles. The van der Waals surface area contributed by atoms with Crippen LogP contribution in [0.5, 0.6) is 0 Å². The minimum Gasteiger partial charge on any atom is -0.393 e. The number of para-hydroxylation sites is 1. The van der Waals surface area contributed by atoms with E-state index in [1.807, 2.05) is 47.0 Å². The van der Waals surface area contributed by atoms with E-state index in [1.165, 1.54) is 54.1 Å². The predicted octanol–water partition coefficient (Wildman–Crippen LogP) is 11.8. The Morgan fingerprint density at radius 3 is 1.64 bits per heavy atom. The quantitative estimate of drug-likeness (QED) is 0.0522. The molecule has 1 aromatic carbocycles. The molecule has 1 aliphatic rings. The second-order valence-corrected chi connectivity index (χ2v) is 22.2. The van der Waals surface area contributed by atoms with Crippen LogP contribution in [0.2, 0.25) is 0 Å². The second kappa shape index (κ2) is 37.5. The first-order valence-electron chi connectivity index (χ1n) is 24.0. The first-order chi connectivity index (χ1) is 29.2. The average molecular weight is 901 g/mol. The maximum Gasteiger partial charge on any atom is 0.217 e. The summed E-state index contributed by atoms with van der Waals surface area (Å²) in [6, 6.07) is 8.47. The lowest BCUT2D eigenvalue weighted by Gasteiger charge is -2.21. The molecule has 1 unspecified atom stereocenters. The molecule has 11 nitrogen and oxygen atoms in total. The number of fused-ring (bicyclic) bond motifs is 1. The summed E-state index contributed by atoms with van der Waals surface area (Å²) < 4.78 is 0. The zero-order valence-corrected chi connectivity index (χ0v) is 44.7. The number of nitrogens with zero attached hydrogens (tertiary/aromatic N) is 2. The van der Waals surface area contributed by atoms with Crippen molar-refractivity contribution in [3.8, 4) is 0 Å². The summed E-state index contributed by atoms with van der Waals surface area (Å²) in [6.45, 7) is 40.0. The summed E-state index contributed by atoms with van der Waals surface area (Å²) in [5.41, 5.74) is 30.5. The molecule has 2 amide bonds. The Hall–Kier alpha value is -3.70. The third-order valence-corrected chi connectivity index (χ3v) is 9.22. The van der Waals surface area contributed by atoms with E-state index in [2.05, 4.69) is 129 Å². The van der Waals surface area contributed by atoms with Gasteiger partial charge in [0.1, 0.15) is 0 Å². The van der Waals surface area contributed by atoms with E-state index >= 15 is 0 Å². The molecule has 374 valence electrons. The highest BCUT2D eigenvalue weighted by molar-refractivity contribution is 5.83. The number of aliphatic hydroxyl groups is 1. The Balaban J connectivity index is -0.000000332. The van der Waals surface area contributed by atoms with Gasteiger partial charge in [0.05, 0.1) is 6.10 Å². The number of aromatic nitrogens is 1. The van der Waals surface area contributed by atoms with E-state index in [1.54, 1.807) is 6.92 Å². The SMILES string of the molecule is CC(C)(C)CC1=CN=CC1.CC(C)(C)CCCCN.CC(C)CC(N)=O.CC(C)CCC(N)=O.CC(C)CCCN=C(N)N.CC(C)Cc1c[nH]c2ccccc12.CC(O)C(C)(C)C. The summed E-state index contributed by atoms with van der Waals surface area (Å²) >= 11 is 0. The van der Waals surface area contributed by atoms with Gasteiger partial charge in [-0.1, -0.05) is 142 Å². The Labute approximate surface area is 394 Å². The van der Waals surface area contributed by atoms with E-state index in [4.69, 9.17) is 33.8 Å². The molecule has 11 heteroatoms. The zero-order chi connectivity index (χ0) is 50.7. The maximum atomic E-state index is 10.1. The number of primary amides is 2. The number of guanidine groups is 1. The van der Waals surface area contributed by atoms with Crippen LogP contribution in [0.4, 0.5) is 0 Å². The molecule has 0 aliphatic carbocycles. The summed E-state index contributed by atoms with van der Waals surface area (Å²) in [4.78, 5) is 31.4. The van der Waals surface area contributed by atoms with Gasteiger partial charge in [0, 0.05) is 55.3 Å². The van der Waals surface area contributed by atoms with E-state index < -0.39 is 0 Å². The lowest BCUT2D eigenvalue weighted by atomic mass is 9.88. The van der Waals surface area contributed by atoms with Crippen molar-refractivity contribution in [2.24, 2.45) is 78.6 Å². The van der Waals surface area contributed by atoms with Gasteiger partial charge in [-0.15, -0.1) is 0 Å². The number of aliphatic imine (C=N–C) groups is 2. The number of carbonyl (C=O) groups is 2. The third kappa shape index (κ3) is 52.6. The zero-order valence-electron chi connectivity index (χ0n) is 44.7. The lowest BCUT2D eigenvalue weighted by molar-refractivity contribution is -0.119. The molecular formula is C53H104N8O3.